The molecule has 2 N–H and O–H groups in total. The van der Waals surface area contributed by atoms with Gasteiger partial charge in [0.1, 0.15) is 0 Å². The summed E-state index contributed by atoms with van der Waals surface area (Å²) in [7, 11) is 0. The predicted octanol–water partition coefficient (Wildman–Crippen LogP) is 1.15. The number of carboxylic acids is 1. The van der Waals surface area contributed by atoms with Gasteiger partial charge in [-0.25, -0.2) is 0 Å². The molecule has 1 atom stereocenters. The highest BCUT2D eigenvalue weighted by molar-refractivity contribution is 5.92. The number of carbonyl (C=O) groups is 2. The van der Waals surface area contributed by atoms with Gasteiger partial charge in [0.25, 0.3) is 0 Å². The average molecular weight is 287 g/mol. The van der Waals surface area contributed by atoms with Crippen molar-refractivity contribution in [3.8, 4) is 6.07 Å². The van der Waals surface area contributed by atoms with E-state index in [1.54, 1.807) is 31.2 Å². The van der Waals surface area contributed by atoms with Gasteiger partial charge >= 0.3 is 5.97 Å². The summed E-state index contributed by atoms with van der Waals surface area (Å²) >= 11 is 0. The molecule has 1 saturated heterocycles. The third kappa shape index (κ3) is 3.80. The van der Waals surface area contributed by atoms with Crippen LogP contribution in [0.2, 0.25) is 0 Å². The molecular weight excluding hydrogens is 270 g/mol. The molecule has 1 aliphatic rings. The highest BCUT2D eigenvalue weighted by atomic mass is 16.4. The Labute approximate surface area is 123 Å². The lowest BCUT2D eigenvalue weighted by molar-refractivity contribution is -0.145. The quantitative estimate of drug-likeness (QED) is 0.847. The van der Waals surface area contributed by atoms with Crippen LogP contribution in [-0.2, 0) is 9.59 Å². The molecule has 1 aromatic rings. The van der Waals surface area contributed by atoms with Crippen molar-refractivity contribution < 1.29 is 14.7 Å². The van der Waals surface area contributed by atoms with Crippen molar-refractivity contribution in [2.24, 2.45) is 11.8 Å². The highest BCUT2D eigenvalue weighted by Crippen LogP contribution is 2.23. The summed E-state index contributed by atoms with van der Waals surface area (Å²) in [6.45, 7) is 3.18. The topological polar surface area (TPSA) is 93.4 Å². The second kappa shape index (κ2) is 6.37. The largest absolute Gasteiger partial charge is 0.481 e. The van der Waals surface area contributed by atoms with Gasteiger partial charge in [-0.15, -0.1) is 0 Å². The van der Waals surface area contributed by atoms with Crippen LogP contribution in [0.15, 0.2) is 24.3 Å². The number of nitrogens with zero attached hydrogens (tertiary/aromatic N) is 2. The number of hydrogen-bond donors (Lipinski definition) is 2. The van der Waals surface area contributed by atoms with E-state index in [9.17, 15) is 9.59 Å². The molecule has 1 unspecified atom stereocenters. The van der Waals surface area contributed by atoms with Crippen LogP contribution >= 0.6 is 0 Å². The third-order valence-electron chi connectivity index (χ3n) is 3.72. The fraction of sp³-hybridized carbons (Fsp3) is 0.400. The molecule has 1 heterocycles. The van der Waals surface area contributed by atoms with Gasteiger partial charge in [-0.1, -0.05) is 13.0 Å². The van der Waals surface area contributed by atoms with Crippen molar-refractivity contribution in [1.29, 1.82) is 5.26 Å². The molecule has 1 amide bonds. The normalized spacial score (nSPS) is 16.6. The van der Waals surface area contributed by atoms with Gasteiger partial charge in [0.2, 0.25) is 5.91 Å². The molecule has 1 fully saturated rings. The fourth-order valence-corrected chi connectivity index (χ4v) is 2.33. The maximum absolute atomic E-state index is 11.9. The molecule has 0 radical (unpaired) electrons. The van der Waals surface area contributed by atoms with Crippen LogP contribution in [0.25, 0.3) is 0 Å². The van der Waals surface area contributed by atoms with Crippen LogP contribution in [-0.4, -0.2) is 41.5 Å². The van der Waals surface area contributed by atoms with E-state index in [1.165, 1.54) is 0 Å². The standard InChI is InChI=1S/C15H17N3O3/c1-10(15(20)21)12-7-18(8-12)9-14(19)17-13-4-2-3-11(5-13)6-16/h2-5,10,12H,7-9H2,1H3,(H,17,19)(H,20,21). The zero-order valence-electron chi connectivity index (χ0n) is 11.7. The van der Waals surface area contributed by atoms with Crippen molar-refractivity contribution in [2.45, 2.75) is 6.92 Å². The minimum Gasteiger partial charge on any atom is -0.481 e. The number of amides is 1. The third-order valence-corrected chi connectivity index (χ3v) is 3.72. The Balaban J connectivity index is 1.79. The Morgan fingerprint density at radius 1 is 1.52 bits per heavy atom. The molecule has 21 heavy (non-hydrogen) atoms. The van der Waals surface area contributed by atoms with Gasteiger partial charge in [-0.2, -0.15) is 5.26 Å². The minimum atomic E-state index is -0.794. The van der Waals surface area contributed by atoms with Crippen LogP contribution < -0.4 is 5.32 Å². The molecule has 6 heteroatoms. The second-order valence-electron chi connectivity index (χ2n) is 5.32. The lowest BCUT2D eigenvalue weighted by Gasteiger charge is -2.40. The molecule has 0 spiro atoms. The van der Waals surface area contributed by atoms with Crippen molar-refractivity contribution >= 4 is 17.6 Å². The summed E-state index contributed by atoms with van der Waals surface area (Å²) in [6, 6.07) is 8.74. The molecule has 6 nitrogen and oxygen atoms in total. The van der Waals surface area contributed by atoms with Crippen LogP contribution in [0, 0.1) is 23.2 Å². The van der Waals surface area contributed by atoms with E-state index >= 15 is 0 Å². The first-order valence-corrected chi connectivity index (χ1v) is 6.74. The van der Waals surface area contributed by atoms with Crippen molar-refractivity contribution in [1.82, 2.24) is 4.90 Å². The predicted molar refractivity (Wildman–Crippen MR) is 76.5 cm³/mol. The summed E-state index contributed by atoms with van der Waals surface area (Å²) in [5.74, 6) is -1.22. The number of hydrogen-bond acceptors (Lipinski definition) is 4. The zero-order valence-corrected chi connectivity index (χ0v) is 11.7. The number of rotatable bonds is 5. The summed E-state index contributed by atoms with van der Waals surface area (Å²) in [6.07, 6.45) is 0. The van der Waals surface area contributed by atoms with Gasteiger partial charge < -0.3 is 10.4 Å². The first-order chi connectivity index (χ1) is 9.99. The Morgan fingerprint density at radius 2 is 2.24 bits per heavy atom. The molecule has 1 aromatic carbocycles. The molecule has 110 valence electrons. The fourth-order valence-electron chi connectivity index (χ4n) is 2.33. The van der Waals surface area contributed by atoms with E-state index in [0.717, 1.165) is 0 Å². The lowest BCUT2D eigenvalue weighted by atomic mass is 9.87. The maximum Gasteiger partial charge on any atom is 0.306 e. The van der Waals surface area contributed by atoms with E-state index in [2.05, 4.69) is 5.32 Å². The van der Waals surface area contributed by atoms with E-state index in [-0.39, 0.29) is 24.3 Å². The molecule has 0 aliphatic carbocycles. The molecule has 0 aromatic heterocycles. The number of carbonyl (C=O) groups excluding carboxylic acids is 1. The molecular formula is C15H17N3O3. The zero-order chi connectivity index (χ0) is 15.4. The Kier molecular flexibility index (Phi) is 4.55. The number of anilines is 1. The van der Waals surface area contributed by atoms with Crippen molar-refractivity contribution in [3.05, 3.63) is 29.8 Å². The van der Waals surface area contributed by atoms with E-state index < -0.39 is 5.97 Å². The summed E-state index contributed by atoms with van der Waals surface area (Å²) in [5.41, 5.74) is 1.09. The number of carboxylic acid groups (broad SMARTS) is 1. The molecule has 0 bridgehead atoms. The first kappa shape index (κ1) is 15.0. The summed E-state index contributed by atoms with van der Waals surface area (Å²) in [5, 5.41) is 20.4. The summed E-state index contributed by atoms with van der Waals surface area (Å²) < 4.78 is 0. The molecule has 0 saturated carbocycles. The van der Waals surface area contributed by atoms with Crippen molar-refractivity contribution in [2.75, 3.05) is 25.0 Å². The maximum atomic E-state index is 11.9. The van der Waals surface area contributed by atoms with Gasteiger partial charge in [-0.3, -0.25) is 14.5 Å². The summed E-state index contributed by atoms with van der Waals surface area (Å²) in [4.78, 5) is 24.6. The number of benzene rings is 1. The average Bonchev–Trinajstić information content (AvgIpc) is 2.41. The Morgan fingerprint density at radius 3 is 2.86 bits per heavy atom. The van der Waals surface area contributed by atoms with Gasteiger partial charge in [-0.05, 0) is 24.1 Å². The van der Waals surface area contributed by atoms with E-state index in [4.69, 9.17) is 10.4 Å². The number of likely N-dealkylation sites (tertiary alicyclic amines) is 1. The van der Waals surface area contributed by atoms with Gasteiger partial charge in [0.05, 0.1) is 24.1 Å². The van der Waals surface area contributed by atoms with E-state index in [0.29, 0.717) is 24.3 Å². The smallest absolute Gasteiger partial charge is 0.306 e. The number of aliphatic carboxylic acids is 1. The monoisotopic (exact) mass is 287 g/mol. The Hall–Kier alpha value is -2.39. The number of nitrogens with one attached hydrogen (secondary N) is 1. The van der Waals surface area contributed by atoms with Crippen molar-refractivity contribution in [3.63, 3.8) is 0 Å². The van der Waals surface area contributed by atoms with Crippen LogP contribution in [0.5, 0.6) is 0 Å². The van der Waals surface area contributed by atoms with E-state index in [1.807, 2.05) is 11.0 Å². The van der Waals surface area contributed by atoms with Crippen LogP contribution in [0.1, 0.15) is 12.5 Å². The highest BCUT2D eigenvalue weighted by Gasteiger charge is 2.35. The van der Waals surface area contributed by atoms with Gasteiger partial charge in [0.15, 0.2) is 0 Å². The second-order valence-corrected chi connectivity index (χ2v) is 5.32. The molecule has 1 aliphatic heterocycles. The lowest BCUT2D eigenvalue weighted by Crippen LogP contribution is -2.53. The van der Waals surface area contributed by atoms with Crippen LogP contribution in [0.4, 0.5) is 5.69 Å². The Bertz CT molecular complexity index is 588. The SMILES string of the molecule is CC(C(=O)O)C1CN(CC(=O)Nc2cccc(C#N)c2)C1. The number of nitriles is 1. The minimum absolute atomic E-state index is 0.109. The van der Waals surface area contributed by atoms with Gasteiger partial charge in [0, 0.05) is 18.8 Å². The van der Waals surface area contributed by atoms with Crippen LogP contribution in [0.3, 0.4) is 0 Å². The first-order valence-electron chi connectivity index (χ1n) is 6.74. The molecule has 2 rings (SSSR count).